The number of nitriles is 1. The molecule has 0 aliphatic rings. The first-order valence-corrected chi connectivity index (χ1v) is 7.73. The number of rotatable bonds is 6. The molecule has 26 heavy (non-hydrogen) atoms. The van der Waals surface area contributed by atoms with E-state index in [1.807, 2.05) is 6.07 Å². The van der Waals surface area contributed by atoms with Gasteiger partial charge in [0.15, 0.2) is 0 Å². The number of carbonyl (C=O) groups is 2. The van der Waals surface area contributed by atoms with Crippen LogP contribution in [-0.4, -0.2) is 25.0 Å². The van der Waals surface area contributed by atoms with Gasteiger partial charge in [0.05, 0.1) is 25.2 Å². The Morgan fingerprint density at radius 2 is 1.92 bits per heavy atom. The van der Waals surface area contributed by atoms with E-state index in [9.17, 15) is 18.4 Å². The van der Waals surface area contributed by atoms with Gasteiger partial charge in [-0.25, -0.2) is 13.6 Å². The van der Waals surface area contributed by atoms with Gasteiger partial charge in [-0.1, -0.05) is 24.3 Å². The first kappa shape index (κ1) is 19.1. The van der Waals surface area contributed by atoms with Crippen LogP contribution in [0.3, 0.4) is 0 Å². The molecule has 7 heteroatoms. The number of benzene rings is 2. The molecule has 1 amide bonds. The third-order valence-corrected chi connectivity index (χ3v) is 3.75. The van der Waals surface area contributed by atoms with Gasteiger partial charge in [0.1, 0.15) is 17.7 Å². The first-order chi connectivity index (χ1) is 12.4. The van der Waals surface area contributed by atoms with Crippen molar-refractivity contribution < 1.29 is 23.1 Å². The van der Waals surface area contributed by atoms with E-state index in [0.29, 0.717) is 17.2 Å². The highest BCUT2D eigenvalue weighted by molar-refractivity contribution is 5.85. The minimum absolute atomic E-state index is 0.00457. The molecular formula is C19H16F2N2O3. The summed E-state index contributed by atoms with van der Waals surface area (Å²) in [7, 11) is 1.18. The molecule has 2 aromatic rings. The minimum atomic E-state index is -1.04. The van der Waals surface area contributed by atoms with Crippen molar-refractivity contribution in [1.82, 2.24) is 5.32 Å². The molecular weight excluding hydrogens is 342 g/mol. The Labute approximate surface area is 149 Å². The smallest absolute Gasteiger partial charge is 0.328 e. The van der Waals surface area contributed by atoms with Crippen LogP contribution in [0.15, 0.2) is 42.5 Å². The second kappa shape index (κ2) is 8.72. The van der Waals surface area contributed by atoms with Crippen LogP contribution in [0.4, 0.5) is 8.78 Å². The van der Waals surface area contributed by atoms with E-state index in [1.165, 1.54) is 13.2 Å². The molecule has 0 aliphatic heterocycles. The maximum atomic E-state index is 13.7. The van der Waals surface area contributed by atoms with Gasteiger partial charge < -0.3 is 10.1 Å². The molecule has 0 aromatic heterocycles. The zero-order chi connectivity index (χ0) is 19.1. The third-order valence-electron chi connectivity index (χ3n) is 3.75. The summed E-state index contributed by atoms with van der Waals surface area (Å²) >= 11 is 0. The standard InChI is InChI=1S/C19H16F2N2O3/c1-26-19(25)17(8-12-4-2-3-5-14(12)11-22)23-18(24)9-13-6-7-15(20)10-16(13)21/h2-7,10,17H,8-9H2,1H3,(H,23,24)/t17-/m0/s1. The molecule has 1 atom stereocenters. The van der Waals surface area contributed by atoms with E-state index in [1.54, 1.807) is 24.3 Å². The fourth-order valence-electron chi connectivity index (χ4n) is 2.45. The van der Waals surface area contributed by atoms with E-state index in [2.05, 4.69) is 10.1 Å². The van der Waals surface area contributed by atoms with Crippen LogP contribution in [0.2, 0.25) is 0 Å². The molecule has 0 radical (unpaired) electrons. The molecule has 1 N–H and O–H groups in total. The van der Waals surface area contributed by atoms with Crippen LogP contribution in [-0.2, 0) is 27.2 Å². The summed E-state index contributed by atoms with van der Waals surface area (Å²) < 4.78 is 31.3. The van der Waals surface area contributed by atoms with Crippen molar-refractivity contribution in [1.29, 1.82) is 5.26 Å². The predicted octanol–water partition coefficient (Wildman–Crippen LogP) is 2.28. The summed E-state index contributed by atoms with van der Waals surface area (Å²) in [4.78, 5) is 24.2. The van der Waals surface area contributed by atoms with Crippen molar-refractivity contribution >= 4 is 11.9 Å². The summed E-state index contributed by atoms with van der Waals surface area (Å²) in [5.41, 5.74) is 0.948. The second-order valence-corrected chi connectivity index (χ2v) is 5.53. The molecule has 0 spiro atoms. The van der Waals surface area contributed by atoms with E-state index < -0.39 is 29.6 Å². The number of nitrogens with zero attached hydrogens (tertiary/aromatic N) is 1. The number of ether oxygens (including phenoxy) is 1. The Morgan fingerprint density at radius 3 is 2.58 bits per heavy atom. The van der Waals surface area contributed by atoms with Crippen LogP contribution in [0, 0.1) is 23.0 Å². The van der Waals surface area contributed by atoms with E-state index >= 15 is 0 Å². The lowest BCUT2D eigenvalue weighted by molar-refractivity contribution is -0.145. The fraction of sp³-hybridized carbons (Fsp3) is 0.211. The molecule has 0 heterocycles. The number of amides is 1. The van der Waals surface area contributed by atoms with E-state index in [0.717, 1.165) is 6.07 Å². The molecule has 2 aromatic carbocycles. The number of hydrogen-bond donors (Lipinski definition) is 1. The lowest BCUT2D eigenvalue weighted by Gasteiger charge is -2.17. The topological polar surface area (TPSA) is 79.2 Å². The molecule has 0 bridgehead atoms. The highest BCUT2D eigenvalue weighted by atomic mass is 19.1. The minimum Gasteiger partial charge on any atom is -0.467 e. The summed E-state index contributed by atoms with van der Waals surface area (Å²) in [6, 6.07) is 10.5. The lowest BCUT2D eigenvalue weighted by Crippen LogP contribution is -2.43. The summed E-state index contributed by atoms with van der Waals surface area (Å²) in [5, 5.41) is 11.6. The highest BCUT2D eigenvalue weighted by Gasteiger charge is 2.23. The molecule has 134 valence electrons. The molecule has 2 rings (SSSR count). The average molecular weight is 358 g/mol. The highest BCUT2D eigenvalue weighted by Crippen LogP contribution is 2.13. The molecule has 0 aliphatic carbocycles. The van der Waals surface area contributed by atoms with Crippen molar-refractivity contribution in [2.24, 2.45) is 0 Å². The van der Waals surface area contributed by atoms with Gasteiger partial charge in [0.25, 0.3) is 0 Å². The van der Waals surface area contributed by atoms with Crippen LogP contribution >= 0.6 is 0 Å². The van der Waals surface area contributed by atoms with Crippen molar-refractivity contribution in [2.75, 3.05) is 7.11 Å². The fourth-order valence-corrected chi connectivity index (χ4v) is 2.45. The van der Waals surface area contributed by atoms with Gasteiger partial charge in [-0.05, 0) is 23.3 Å². The van der Waals surface area contributed by atoms with Gasteiger partial charge in [0.2, 0.25) is 5.91 Å². The van der Waals surface area contributed by atoms with Gasteiger partial charge in [-0.3, -0.25) is 4.79 Å². The summed E-state index contributed by atoms with van der Waals surface area (Å²) in [6.07, 6.45) is -0.312. The normalized spacial score (nSPS) is 11.3. The maximum absolute atomic E-state index is 13.7. The number of carbonyl (C=O) groups excluding carboxylic acids is 2. The van der Waals surface area contributed by atoms with E-state index in [-0.39, 0.29) is 18.4 Å². The maximum Gasteiger partial charge on any atom is 0.328 e. The number of halogens is 2. The summed E-state index contributed by atoms with van der Waals surface area (Å²) in [5.74, 6) is -2.90. The van der Waals surface area contributed by atoms with Crippen LogP contribution < -0.4 is 5.32 Å². The first-order valence-electron chi connectivity index (χ1n) is 7.73. The Balaban J connectivity index is 2.13. The number of esters is 1. The molecule has 0 saturated carbocycles. The second-order valence-electron chi connectivity index (χ2n) is 5.53. The Hall–Kier alpha value is -3.27. The SMILES string of the molecule is COC(=O)[C@H](Cc1ccccc1C#N)NC(=O)Cc1ccc(F)cc1F. The quantitative estimate of drug-likeness (QED) is 0.804. The molecule has 0 fully saturated rings. The van der Waals surface area contributed by atoms with Crippen molar-refractivity contribution in [3.05, 3.63) is 70.8 Å². The molecule has 5 nitrogen and oxygen atoms in total. The monoisotopic (exact) mass is 358 g/mol. The zero-order valence-corrected chi connectivity index (χ0v) is 14.0. The van der Waals surface area contributed by atoms with Gasteiger partial charge >= 0.3 is 5.97 Å². The number of methoxy groups -OCH3 is 1. The van der Waals surface area contributed by atoms with Crippen molar-refractivity contribution in [3.8, 4) is 6.07 Å². The zero-order valence-electron chi connectivity index (χ0n) is 14.0. The van der Waals surface area contributed by atoms with Crippen molar-refractivity contribution in [2.45, 2.75) is 18.9 Å². The number of nitrogens with one attached hydrogen (secondary N) is 1. The average Bonchev–Trinajstić information content (AvgIpc) is 2.63. The van der Waals surface area contributed by atoms with Crippen LogP contribution in [0.5, 0.6) is 0 Å². The van der Waals surface area contributed by atoms with E-state index in [4.69, 9.17) is 5.26 Å². The van der Waals surface area contributed by atoms with Crippen LogP contribution in [0.1, 0.15) is 16.7 Å². The summed E-state index contributed by atoms with van der Waals surface area (Å²) in [6.45, 7) is 0. The van der Waals surface area contributed by atoms with Gasteiger partial charge in [-0.2, -0.15) is 5.26 Å². The molecule has 0 unspecified atom stereocenters. The number of hydrogen-bond acceptors (Lipinski definition) is 4. The third kappa shape index (κ3) is 4.86. The van der Waals surface area contributed by atoms with Crippen molar-refractivity contribution in [3.63, 3.8) is 0 Å². The Bertz CT molecular complexity index is 862. The Morgan fingerprint density at radius 1 is 1.19 bits per heavy atom. The van der Waals surface area contributed by atoms with Gasteiger partial charge in [0, 0.05) is 12.5 Å². The lowest BCUT2D eigenvalue weighted by atomic mass is 10.0. The Kier molecular flexibility index (Phi) is 6.39. The van der Waals surface area contributed by atoms with Crippen LogP contribution in [0.25, 0.3) is 0 Å². The largest absolute Gasteiger partial charge is 0.467 e. The molecule has 0 saturated heterocycles. The predicted molar refractivity (Wildman–Crippen MR) is 88.9 cm³/mol. The van der Waals surface area contributed by atoms with Gasteiger partial charge in [-0.15, -0.1) is 0 Å².